The minimum absolute atomic E-state index is 0.0405. The Bertz CT molecular complexity index is 548. The van der Waals surface area contributed by atoms with Crippen molar-refractivity contribution < 1.29 is 14.3 Å². The molecule has 0 aliphatic carbocycles. The van der Waals surface area contributed by atoms with E-state index in [0.717, 1.165) is 17.5 Å². The summed E-state index contributed by atoms with van der Waals surface area (Å²) in [5.41, 5.74) is 1.73. The van der Waals surface area contributed by atoms with Crippen LogP contribution in [-0.2, 0) is 0 Å². The molecule has 0 radical (unpaired) electrons. The molecule has 0 saturated carbocycles. The first-order valence-electron chi connectivity index (χ1n) is 6.81. The number of rotatable bonds is 6. The Morgan fingerprint density at radius 2 is 2.05 bits per heavy atom. The highest BCUT2D eigenvalue weighted by Gasteiger charge is 2.19. The lowest BCUT2D eigenvalue weighted by molar-refractivity contribution is 0.0902. The van der Waals surface area contributed by atoms with Crippen LogP contribution >= 0.6 is 0 Å². The van der Waals surface area contributed by atoms with Gasteiger partial charge >= 0.3 is 0 Å². The normalized spacial score (nSPS) is 12.1. The molecule has 0 bridgehead atoms. The number of hydrogen-bond acceptors (Lipinski definition) is 3. The fourth-order valence-electron chi connectivity index (χ4n) is 2.12. The Labute approximate surface area is 118 Å². The molecular weight excluding hydrogens is 254 g/mol. The predicted molar refractivity (Wildman–Crippen MR) is 77.4 cm³/mol. The molecule has 1 aromatic heterocycles. The highest BCUT2D eigenvalue weighted by molar-refractivity contribution is 5.98. The van der Waals surface area contributed by atoms with Gasteiger partial charge < -0.3 is 14.8 Å². The molecule has 0 aliphatic rings. The zero-order valence-electron chi connectivity index (χ0n) is 11.5. The van der Waals surface area contributed by atoms with Gasteiger partial charge in [-0.05, 0) is 24.5 Å². The van der Waals surface area contributed by atoms with Gasteiger partial charge in [0.1, 0.15) is 0 Å². The summed E-state index contributed by atoms with van der Waals surface area (Å²) in [7, 11) is 0. The van der Waals surface area contributed by atoms with Crippen LogP contribution < -0.4 is 5.32 Å². The van der Waals surface area contributed by atoms with Crippen LogP contribution in [0.25, 0.3) is 11.1 Å². The van der Waals surface area contributed by atoms with Gasteiger partial charge in [0.15, 0.2) is 5.76 Å². The van der Waals surface area contributed by atoms with Gasteiger partial charge in [0.2, 0.25) is 0 Å². The lowest BCUT2D eigenvalue weighted by atomic mass is 10.1. The van der Waals surface area contributed by atoms with Crippen molar-refractivity contribution in [2.75, 3.05) is 6.61 Å². The first-order valence-corrected chi connectivity index (χ1v) is 6.81. The third-order valence-electron chi connectivity index (χ3n) is 3.26. The van der Waals surface area contributed by atoms with Crippen LogP contribution in [0, 0.1) is 0 Å². The fourth-order valence-corrected chi connectivity index (χ4v) is 2.12. The lowest BCUT2D eigenvalue weighted by Crippen LogP contribution is -2.35. The largest absolute Gasteiger partial charge is 0.459 e. The van der Waals surface area contributed by atoms with Crippen molar-refractivity contribution in [3.63, 3.8) is 0 Å². The quantitative estimate of drug-likeness (QED) is 0.850. The first kappa shape index (κ1) is 14.3. The van der Waals surface area contributed by atoms with Crippen molar-refractivity contribution in [1.82, 2.24) is 5.32 Å². The molecule has 4 nitrogen and oxygen atoms in total. The van der Waals surface area contributed by atoms with Gasteiger partial charge in [0, 0.05) is 18.2 Å². The van der Waals surface area contributed by atoms with Gasteiger partial charge in [0.25, 0.3) is 5.91 Å². The van der Waals surface area contributed by atoms with E-state index >= 15 is 0 Å². The summed E-state index contributed by atoms with van der Waals surface area (Å²) in [6.45, 7) is 2.03. The second-order valence-corrected chi connectivity index (χ2v) is 4.62. The number of carbonyl (C=O) groups excluding carboxylic acids is 1. The van der Waals surface area contributed by atoms with Gasteiger partial charge in [-0.2, -0.15) is 0 Å². The summed E-state index contributed by atoms with van der Waals surface area (Å²) < 4.78 is 5.33. The fraction of sp³-hybridized carbons (Fsp3) is 0.312. The van der Waals surface area contributed by atoms with Gasteiger partial charge in [-0.25, -0.2) is 0 Å². The van der Waals surface area contributed by atoms with Crippen LogP contribution in [0.3, 0.4) is 0 Å². The minimum atomic E-state index is -0.242. The lowest BCUT2D eigenvalue weighted by Gasteiger charge is -2.15. The van der Waals surface area contributed by atoms with Gasteiger partial charge in [-0.1, -0.05) is 37.3 Å². The molecule has 4 heteroatoms. The number of carbonyl (C=O) groups is 1. The first-order chi connectivity index (χ1) is 9.76. The van der Waals surface area contributed by atoms with Crippen molar-refractivity contribution >= 4 is 5.91 Å². The number of amides is 1. The van der Waals surface area contributed by atoms with E-state index in [1.165, 1.54) is 6.26 Å². The Morgan fingerprint density at radius 1 is 1.30 bits per heavy atom. The molecule has 1 unspecified atom stereocenters. The van der Waals surface area contributed by atoms with E-state index in [-0.39, 0.29) is 18.6 Å². The second-order valence-electron chi connectivity index (χ2n) is 4.62. The third kappa shape index (κ3) is 3.27. The molecule has 106 valence electrons. The molecule has 1 amide bonds. The van der Waals surface area contributed by atoms with Crippen LogP contribution in [0.1, 0.15) is 30.3 Å². The summed E-state index contributed by atoms with van der Waals surface area (Å²) in [5.74, 6) is 0.0711. The number of hydrogen-bond donors (Lipinski definition) is 2. The van der Waals surface area contributed by atoms with Crippen LogP contribution in [-0.4, -0.2) is 23.7 Å². The van der Waals surface area contributed by atoms with Crippen molar-refractivity contribution in [1.29, 1.82) is 0 Å². The van der Waals surface area contributed by atoms with Crippen LogP contribution in [0.2, 0.25) is 0 Å². The molecule has 1 aromatic carbocycles. The summed E-state index contributed by atoms with van der Waals surface area (Å²) in [4.78, 5) is 12.3. The zero-order chi connectivity index (χ0) is 14.4. The Morgan fingerprint density at radius 3 is 2.70 bits per heavy atom. The van der Waals surface area contributed by atoms with Gasteiger partial charge in [-0.3, -0.25) is 4.79 Å². The molecule has 20 heavy (non-hydrogen) atoms. The smallest absolute Gasteiger partial charge is 0.287 e. The van der Waals surface area contributed by atoms with Crippen molar-refractivity contribution in [3.8, 4) is 11.1 Å². The van der Waals surface area contributed by atoms with Gasteiger partial charge in [0.05, 0.1) is 6.26 Å². The number of furan rings is 1. The Hall–Kier alpha value is -2.07. The molecule has 2 N–H and O–H groups in total. The number of aliphatic hydroxyl groups excluding tert-OH is 1. The molecule has 0 fully saturated rings. The van der Waals surface area contributed by atoms with Crippen molar-refractivity contribution in [2.24, 2.45) is 0 Å². The van der Waals surface area contributed by atoms with E-state index in [4.69, 9.17) is 9.52 Å². The SMILES string of the molecule is CCC(CCO)NC(=O)c1occc1-c1ccccc1. The van der Waals surface area contributed by atoms with E-state index in [2.05, 4.69) is 5.32 Å². The highest BCUT2D eigenvalue weighted by Crippen LogP contribution is 2.24. The summed E-state index contributed by atoms with van der Waals surface area (Å²) in [6.07, 6.45) is 2.83. The Balaban J connectivity index is 2.18. The maximum atomic E-state index is 12.3. The van der Waals surface area contributed by atoms with Crippen molar-refractivity contribution in [3.05, 3.63) is 48.4 Å². The summed E-state index contributed by atoms with van der Waals surface area (Å²) >= 11 is 0. The monoisotopic (exact) mass is 273 g/mol. The molecule has 2 aromatic rings. The molecule has 0 spiro atoms. The molecule has 0 saturated heterocycles. The molecule has 0 aliphatic heterocycles. The van der Waals surface area contributed by atoms with Crippen LogP contribution in [0.5, 0.6) is 0 Å². The zero-order valence-corrected chi connectivity index (χ0v) is 11.5. The predicted octanol–water partition coefficient (Wildman–Crippen LogP) is 2.84. The third-order valence-corrected chi connectivity index (χ3v) is 3.26. The summed E-state index contributed by atoms with van der Waals surface area (Å²) in [5, 5.41) is 11.9. The number of benzene rings is 1. The topological polar surface area (TPSA) is 62.5 Å². The van der Waals surface area contributed by atoms with E-state index in [0.29, 0.717) is 12.2 Å². The molecule has 2 rings (SSSR count). The highest BCUT2D eigenvalue weighted by atomic mass is 16.3. The maximum absolute atomic E-state index is 12.3. The standard InChI is InChI=1S/C16H19NO3/c1-2-13(8-10-18)17-16(19)15-14(9-11-20-15)12-6-4-3-5-7-12/h3-7,9,11,13,18H,2,8,10H2,1H3,(H,17,19). The van der Waals surface area contributed by atoms with Gasteiger partial charge in [-0.15, -0.1) is 0 Å². The molecule has 1 atom stereocenters. The van der Waals surface area contributed by atoms with E-state index in [1.807, 2.05) is 37.3 Å². The Kier molecular flexibility index (Phi) is 4.96. The number of aliphatic hydroxyl groups is 1. The number of nitrogens with one attached hydrogen (secondary N) is 1. The maximum Gasteiger partial charge on any atom is 0.287 e. The van der Waals surface area contributed by atoms with Crippen LogP contribution in [0.15, 0.2) is 47.1 Å². The molecular formula is C16H19NO3. The average molecular weight is 273 g/mol. The molecule has 1 heterocycles. The second kappa shape index (κ2) is 6.91. The van der Waals surface area contributed by atoms with Crippen LogP contribution in [0.4, 0.5) is 0 Å². The van der Waals surface area contributed by atoms with E-state index in [1.54, 1.807) is 6.07 Å². The summed E-state index contributed by atoms with van der Waals surface area (Å²) in [6, 6.07) is 11.4. The minimum Gasteiger partial charge on any atom is -0.459 e. The van der Waals surface area contributed by atoms with E-state index in [9.17, 15) is 4.79 Å². The van der Waals surface area contributed by atoms with E-state index < -0.39 is 0 Å². The average Bonchev–Trinajstić information content (AvgIpc) is 2.97. The van der Waals surface area contributed by atoms with Crippen molar-refractivity contribution in [2.45, 2.75) is 25.8 Å².